The SMILES string of the molecule is CCC(c1nnnn1Cc1ccccc1)N(Cc1cccs1)Cc1cc2cc(C)c(C)cc2[nH]c1=O. The van der Waals surface area contributed by atoms with Gasteiger partial charge >= 0.3 is 0 Å². The van der Waals surface area contributed by atoms with Crippen LogP contribution in [0.1, 0.15) is 52.3 Å². The van der Waals surface area contributed by atoms with Crippen LogP contribution in [0.3, 0.4) is 0 Å². The number of benzene rings is 2. The van der Waals surface area contributed by atoms with Crippen LogP contribution in [0, 0.1) is 13.8 Å². The van der Waals surface area contributed by atoms with Crippen LogP contribution < -0.4 is 5.56 Å². The fraction of sp³-hybridized carbons (Fsp3) is 0.286. The number of pyridine rings is 1. The second-order valence-electron chi connectivity index (χ2n) is 9.24. The van der Waals surface area contributed by atoms with Gasteiger partial charge in [-0.3, -0.25) is 9.69 Å². The maximum absolute atomic E-state index is 13.1. The van der Waals surface area contributed by atoms with Gasteiger partial charge in [-0.25, -0.2) is 4.68 Å². The number of fused-ring (bicyclic) bond motifs is 1. The molecule has 1 atom stereocenters. The third-order valence-electron chi connectivity index (χ3n) is 6.71. The van der Waals surface area contributed by atoms with Crippen molar-refractivity contribution in [3.63, 3.8) is 0 Å². The van der Waals surface area contributed by atoms with Crippen LogP contribution in [0.15, 0.2) is 70.8 Å². The Morgan fingerprint density at radius 3 is 2.58 bits per heavy atom. The number of thiophene rings is 1. The van der Waals surface area contributed by atoms with E-state index < -0.39 is 0 Å². The van der Waals surface area contributed by atoms with Crippen LogP contribution in [0.5, 0.6) is 0 Å². The number of nitrogens with zero attached hydrogens (tertiary/aromatic N) is 5. The number of hydrogen-bond donors (Lipinski definition) is 1. The molecule has 7 nitrogen and oxygen atoms in total. The molecule has 5 aromatic rings. The lowest BCUT2D eigenvalue weighted by Crippen LogP contribution is -2.32. The Balaban J connectivity index is 1.51. The first kappa shape index (κ1) is 24.1. The second-order valence-corrected chi connectivity index (χ2v) is 10.3. The molecule has 36 heavy (non-hydrogen) atoms. The molecule has 1 unspecified atom stereocenters. The van der Waals surface area contributed by atoms with Crippen molar-refractivity contribution in [2.75, 3.05) is 0 Å². The molecule has 0 spiro atoms. The van der Waals surface area contributed by atoms with Crippen LogP contribution >= 0.6 is 11.3 Å². The predicted molar refractivity (Wildman–Crippen MR) is 144 cm³/mol. The van der Waals surface area contributed by atoms with E-state index in [2.05, 4.69) is 81.9 Å². The first-order valence-electron chi connectivity index (χ1n) is 12.2. The van der Waals surface area contributed by atoms with Gasteiger partial charge in [-0.2, -0.15) is 0 Å². The zero-order valence-corrected chi connectivity index (χ0v) is 21.6. The summed E-state index contributed by atoms with van der Waals surface area (Å²) in [5.41, 5.74) is 5.07. The Kier molecular flexibility index (Phi) is 7.06. The Bertz CT molecular complexity index is 1510. The van der Waals surface area contributed by atoms with E-state index in [1.165, 1.54) is 16.0 Å². The fourth-order valence-corrected chi connectivity index (χ4v) is 5.39. The minimum absolute atomic E-state index is 0.0549. The number of tetrazole rings is 1. The highest BCUT2D eigenvalue weighted by Crippen LogP contribution is 2.28. The largest absolute Gasteiger partial charge is 0.322 e. The van der Waals surface area contributed by atoms with Crippen molar-refractivity contribution < 1.29 is 0 Å². The number of hydrogen-bond acceptors (Lipinski definition) is 6. The molecule has 5 rings (SSSR count). The van der Waals surface area contributed by atoms with Crippen molar-refractivity contribution in [2.45, 2.75) is 52.9 Å². The van der Waals surface area contributed by atoms with Crippen LogP contribution in [-0.2, 0) is 19.6 Å². The summed E-state index contributed by atoms with van der Waals surface area (Å²) in [5, 5.41) is 15.9. The van der Waals surface area contributed by atoms with Crippen LogP contribution in [0.4, 0.5) is 0 Å². The van der Waals surface area contributed by atoms with Crippen LogP contribution in [0.25, 0.3) is 10.9 Å². The molecule has 2 aromatic carbocycles. The molecule has 0 amide bonds. The minimum atomic E-state index is -0.0549. The number of aromatic nitrogens is 5. The van der Waals surface area contributed by atoms with Gasteiger partial charge in [0.1, 0.15) is 0 Å². The molecule has 0 aliphatic heterocycles. The highest BCUT2D eigenvalue weighted by atomic mass is 32.1. The first-order valence-corrected chi connectivity index (χ1v) is 13.1. The lowest BCUT2D eigenvalue weighted by atomic mass is 10.0. The van der Waals surface area contributed by atoms with Gasteiger partial charge in [0.2, 0.25) is 0 Å². The molecular formula is C28H30N6OS. The maximum Gasteiger partial charge on any atom is 0.252 e. The van der Waals surface area contributed by atoms with Gasteiger partial charge in [0, 0.05) is 29.0 Å². The molecule has 0 saturated heterocycles. The van der Waals surface area contributed by atoms with Gasteiger partial charge in [-0.15, -0.1) is 16.4 Å². The Labute approximate surface area is 214 Å². The van der Waals surface area contributed by atoms with E-state index in [0.717, 1.165) is 34.3 Å². The van der Waals surface area contributed by atoms with Crippen LogP contribution in [0.2, 0.25) is 0 Å². The first-order chi connectivity index (χ1) is 17.5. The van der Waals surface area contributed by atoms with E-state index in [9.17, 15) is 4.79 Å². The van der Waals surface area contributed by atoms with Crippen LogP contribution in [-0.4, -0.2) is 30.1 Å². The van der Waals surface area contributed by atoms with E-state index >= 15 is 0 Å². The normalized spacial score (nSPS) is 12.4. The van der Waals surface area contributed by atoms with Gasteiger partial charge < -0.3 is 4.98 Å². The monoisotopic (exact) mass is 498 g/mol. The smallest absolute Gasteiger partial charge is 0.252 e. The molecular weight excluding hydrogens is 468 g/mol. The van der Waals surface area contributed by atoms with Crippen molar-refractivity contribution in [1.29, 1.82) is 0 Å². The number of aromatic amines is 1. The van der Waals surface area contributed by atoms with Gasteiger partial charge in [0.25, 0.3) is 5.56 Å². The quantitative estimate of drug-likeness (QED) is 0.295. The average Bonchev–Trinajstić information content (AvgIpc) is 3.55. The summed E-state index contributed by atoms with van der Waals surface area (Å²) in [6.45, 7) is 8.11. The number of H-pyrrole nitrogens is 1. The summed E-state index contributed by atoms with van der Waals surface area (Å²) in [4.78, 5) is 19.8. The molecule has 184 valence electrons. The Hall–Kier alpha value is -3.62. The molecule has 0 aliphatic rings. The third-order valence-corrected chi connectivity index (χ3v) is 7.57. The standard InChI is InChI=1S/C28H30N6OS/c1-4-26(27-30-31-32-34(27)16-21-9-6-5-7-10-21)33(18-24-11-8-12-36-24)17-23-15-22-13-19(2)20(3)14-25(22)29-28(23)35/h5-15,26H,4,16-18H2,1-3H3,(H,29,35). The Morgan fingerprint density at radius 2 is 1.83 bits per heavy atom. The number of nitrogens with one attached hydrogen (secondary N) is 1. The molecule has 0 saturated carbocycles. The topological polar surface area (TPSA) is 79.7 Å². The molecule has 1 N–H and O–H groups in total. The van der Waals surface area contributed by atoms with E-state index in [1.807, 2.05) is 35.0 Å². The summed E-state index contributed by atoms with van der Waals surface area (Å²) in [6.07, 6.45) is 0.810. The molecule has 0 bridgehead atoms. The minimum Gasteiger partial charge on any atom is -0.322 e. The average molecular weight is 499 g/mol. The molecule has 3 heterocycles. The van der Waals surface area contributed by atoms with Crippen molar-refractivity contribution in [2.24, 2.45) is 0 Å². The van der Waals surface area contributed by atoms with E-state index in [1.54, 1.807) is 11.3 Å². The highest BCUT2D eigenvalue weighted by Gasteiger charge is 2.26. The lowest BCUT2D eigenvalue weighted by molar-refractivity contribution is 0.163. The highest BCUT2D eigenvalue weighted by molar-refractivity contribution is 7.09. The van der Waals surface area contributed by atoms with Gasteiger partial charge in [0.15, 0.2) is 5.82 Å². The van der Waals surface area contributed by atoms with Crippen molar-refractivity contribution in [1.82, 2.24) is 30.1 Å². The maximum atomic E-state index is 13.1. The molecule has 3 aromatic heterocycles. The van der Waals surface area contributed by atoms with E-state index in [-0.39, 0.29) is 11.6 Å². The second kappa shape index (κ2) is 10.6. The predicted octanol–water partition coefficient (Wildman–Crippen LogP) is 5.39. The van der Waals surface area contributed by atoms with Gasteiger partial charge in [0.05, 0.1) is 12.6 Å². The molecule has 0 radical (unpaired) electrons. The summed E-state index contributed by atoms with van der Waals surface area (Å²) < 4.78 is 1.88. The van der Waals surface area contributed by atoms with E-state index in [4.69, 9.17) is 0 Å². The van der Waals surface area contributed by atoms with Gasteiger partial charge in [-0.05, 0) is 82.4 Å². The zero-order chi connectivity index (χ0) is 25.1. The Morgan fingerprint density at radius 1 is 1.03 bits per heavy atom. The fourth-order valence-electron chi connectivity index (χ4n) is 4.66. The van der Waals surface area contributed by atoms with Crippen molar-refractivity contribution in [3.8, 4) is 0 Å². The third kappa shape index (κ3) is 5.15. The molecule has 8 heteroatoms. The summed E-state index contributed by atoms with van der Waals surface area (Å²) >= 11 is 1.72. The lowest BCUT2D eigenvalue weighted by Gasteiger charge is -2.30. The van der Waals surface area contributed by atoms with Crippen molar-refractivity contribution in [3.05, 3.63) is 109 Å². The summed E-state index contributed by atoms with van der Waals surface area (Å²) in [5.74, 6) is 0.807. The van der Waals surface area contributed by atoms with Crippen molar-refractivity contribution >= 4 is 22.2 Å². The van der Waals surface area contributed by atoms with E-state index in [0.29, 0.717) is 19.6 Å². The molecule has 0 fully saturated rings. The zero-order valence-electron chi connectivity index (χ0n) is 20.8. The summed E-state index contributed by atoms with van der Waals surface area (Å²) in [7, 11) is 0. The molecule has 0 aliphatic carbocycles. The number of aryl methyl sites for hydroxylation is 2. The number of rotatable bonds is 9. The van der Waals surface area contributed by atoms with Gasteiger partial charge in [-0.1, -0.05) is 43.3 Å². The summed E-state index contributed by atoms with van der Waals surface area (Å²) in [6, 6.07) is 20.6.